The zero-order chi connectivity index (χ0) is 44.7. The van der Waals surface area contributed by atoms with E-state index in [9.17, 15) is 14.4 Å². The summed E-state index contributed by atoms with van der Waals surface area (Å²) in [5.41, 5.74) is 6.32. The molecule has 5 aliphatic heterocycles. The zero-order valence-electron chi connectivity index (χ0n) is 37.0. The fourth-order valence-electron chi connectivity index (χ4n) is 11.6. The zero-order valence-corrected chi connectivity index (χ0v) is 37.0. The third-order valence-electron chi connectivity index (χ3n) is 14.9. The van der Waals surface area contributed by atoms with E-state index < -0.39 is 29.4 Å². The first kappa shape index (κ1) is 41.7. The second-order valence-corrected chi connectivity index (χ2v) is 19.2. The Labute approximate surface area is 375 Å². The van der Waals surface area contributed by atoms with Crippen molar-refractivity contribution in [2.24, 2.45) is 18.9 Å². The lowest BCUT2D eigenvalue weighted by atomic mass is 9.88. The van der Waals surface area contributed by atoms with E-state index in [0.29, 0.717) is 91.8 Å². The molecule has 4 saturated heterocycles. The fraction of sp³-hybridized carbons (Fsp3) is 0.500. The first-order chi connectivity index (χ1) is 31.4. The van der Waals surface area contributed by atoms with Gasteiger partial charge in [0.1, 0.15) is 11.6 Å². The number of aryl methyl sites for hydroxylation is 3. The maximum atomic E-state index is 15.4. The number of carbonyl (C=O) groups is 3. The summed E-state index contributed by atoms with van der Waals surface area (Å²) in [6.45, 7) is 10.1. The van der Waals surface area contributed by atoms with E-state index in [1.54, 1.807) is 10.7 Å². The Morgan fingerprint density at radius 1 is 0.846 bits per heavy atom. The molecular weight excluding hydrogens is 835 g/mol. The largest absolute Gasteiger partial charge is 0.477 e. The van der Waals surface area contributed by atoms with Gasteiger partial charge in [-0.25, -0.2) is 18.4 Å². The van der Waals surface area contributed by atoms with Crippen LogP contribution in [-0.2, 0) is 27.9 Å². The van der Waals surface area contributed by atoms with Crippen molar-refractivity contribution in [2.45, 2.75) is 82.8 Å². The highest BCUT2D eigenvalue weighted by atomic mass is 19.1. The summed E-state index contributed by atoms with van der Waals surface area (Å²) in [5.74, 6) is -1.92. The highest BCUT2D eigenvalue weighted by Crippen LogP contribution is 2.41. The van der Waals surface area contributed by atoms with Crippen molar-refractivity contribution >= 4 is 46.1 Å². The van der Waals surface area contributed by atoms with E-state index in [0.717, 1.165) is 79.7 Å². The molecule has 5 aromatic rings. The summed E-state index contributed by atoms with van der Waals surface area (Å²) >= 11 is 0. The second-order valence-electron chi connectivity index (χ2n) is 19.2. The molecule has 1 spiro atoms. The smallest absolute Gasteiger partial charge is 0.258 e. The number of anilines is 3. The van der Waals surface area contributed by atoms with Gasteiger partial charge in [-0.3, -0.25) is 34.9 Å². The Balaban J connectivity index is 0.821. The van der Waals surface area contributed by atoms with Gasteiger partial charge >= 0.3 is 0 Å². The Kier molecular flexibility index (Phi) is 10.4. The minimum absolute atomic E-state index is 0.0517. The Morgan fingerprint density at radius 2 is 1.63 bits per heavy atom. The molecule has 17 heteroatoms. The molecule has 2 aromatic carbocycles. The molecule has 65 heavy (non-hydrogen) atoms. The molecule has 3 atom stereocenters. The van der Waals surface area contributed by atoms with Gasteiger partial charge in [-0.2, -0.15) is 5.10 Å². The number of amides is 3. The number of pyridine rings is 1. The number of imidazole rings is 1. The maximum Gasteiger partial charge on any atom is 0.258 e. The van der Waals surface area contributed by atoms with E-state index in [2.05, 4.69) is 48.3 Å². The van der Waals surface area contributed by atoms with Crippen LogP contribution in [0, 0.1) is 37.3 Å². The molecule has 1 saturated carbocycles. The number of nitrogens with zero attached hydrogens (tertiary/aromatic N) is 8. The Morgan fingerprint density at radius 3 is 2.38 bits per heavy atom. The second kappa shape index (κ2) is 16.2. The van der Waals surface area contributed by atoms with E-state index in [1.165, 1.54) is 12.1 Å². The van der Waals surface area contributed by atoms with Crippen LogP contribution in [0.3, 0.4) is 0 Å². The Bertz CT molecular complexity index is 2720. The van der Waals surface area contributed by atoms with Gasteiger partial charge < -0.3 is 23.8 Å². The number of fused-ring (bicyclic) bond motifs is 9. The molecule has 11 rings (SSSR count). The molecule has 0 unspecified atom stereocenters. The summed E-state index contributed by atoms with van der Waals surface area (Å²) in [6.07, 6.45) is 4.91. The van der Waals surface area contributed by atoms with Gasteiger partial charge in [0.15, 0.2) is 0 Å². The molecule has 340 valence electrons. The number of hydrogen-bond acceptors (Lipinski definition) is 11. The highest BCUT2D eigenvalue weighted by molar-refractivity contribution is 6.05. The van der Waals surface area contributed by atoms with E-state index in [-0.39, 0.29) is 29.9 Å². The average molecular weight is 889 g/mol. The molecule has 4 bridgehead atoms. The summed E-state index contributed by atoms with van der Waals surface area (Å²) < 4.78 is 47.3. The third-order valence-corrected chi connectivity index (χ3v) is 14.9. The van der Waals surface area contributed by atoms with Crippen molar-refractivity contribution in [1.29, 1.82) is 0 Å². The van der Waals surface area contributed by atoms with Crippen LogP contribution >= 0.6 is 0 Å². The summed E-state index contributed by atoms with van der Waals surface area (Å²) in [7, 11) is 1.89. The van der Waals surface area contributed by atoms with Crippen LogP contribution in [0.2, 0.25) is 0 Å². The normalized spacial score (nSPS) is 23.9. The minimum atomic E-state index is -1.02. The predicted molar refractivity (Wildman–Crippen MR) is 239 cm³/mol. The van der Waals surface area contributed by atoms with Crippen molar-refractivity contribution in [2.75, 3.05) is 67.7 Å². The number of carbonyl (C=O) groups excluding carboxylic acids is 3. The fourth-order valence-corrected chi connectivity index (χ4v) is 11.6. The predicted octanol–water partition coefficient (Wildman–Crippen LogP) is 5.87. The minimum Gasteiger partial charge on any atom is -0.477 e. The van der Waals surface area contributed by atoms with Crippen LogP contribution in [-0.4, -0.2) is 111 Å². The van der Waals surface area contributed by atoms with Crippen molar-refractivity contribution in [1.82, 2.24) is 34.5 Å². The number of imide groups is 1. The number of piperazine rings is 1. The van der Waals surface area contributed by atoms with E-state index in [1.807, 2.05) is 31.9 Å². The number of benzene rings is 2. The van der Waals surface area contributed by atoms with Gasteiger partial charge in [0.05, 0.1) is 59.3 Å². The third kappa shape index (κ3) is 7.49. The molecule has 3 aromatic heterocycles. The molecule has 0 radical (unpaired) electrons. The molecule has 3 amide bonds. The van der Waals surface area contributed by atoms with E-state index in [4.69, 9.17) is 19.4 Å². The highest BCUT2D eigenvalue weighted by Gasteiger charge is 2.49. The van der Waals surface area contributed by atoms with Crippen LogP contribution in [0.1, 0.15) is 78.2 Å². The molecule has 5 fully saturated rings. The first-order valence-electron chi connectivity index (χ1n) is 23.0. The average Bonchev–Trinajstić information content (AvgIpc) is 3.95. The monoisotopic (exact) mass is 888 g/mol. The van der Waals surface area contributed by atoms with Gasteiger partial charge in [-0.15, -0.1) is 0 Å². The number of halogens is 2. The number of ether oxygens (including phenoxy) is 2. The first-order valence-corrected chi connectivity index (χ1v) is 23.0. The standard InChI is InChI=1S/C48H54F2N10O5/c1-27-16-31-18-39(51-27)42-28(2)55-56(3)46(42)65-23-30-5-4-29(17-30)22-59-40-21-33(6-8-38(40)52-47(59)54-44(31)62)60-15-14-58(24-48(60)25-64-26-48)32-10-12-57(13-11-32)34-19-36(49)43(37(50)20-34)35-7-9-41(61)53-45(35)63/h6,8,16,18-21,29-30,32,35H,4-5,7,9-15,17,22-26H2,1-3H3,(H,52,54,62)(H,53,61,63)/t29-,30+,35-/m1/s1. The summed E-state index contributed by atoms with van der Waals surface area (Å²) in [5, 5.41) is 10.1. The number of piperidine rings is 2. The molecular formula is C48H54F2N10O5. The number of aromatic nitrogens is 5. The van der Waals surface area contributed by atoms with Crippen molar-refractivity contribution < 1.29 is 32.6 Å². The molecule has 15 nitrogen and oxygen atoms in total. The summed E-state index contributed by atoms with van der Waals surface area (Å²) in [4.78, 5) is 55.2. The lowest BCUT2D eigenvalue weighted by Gasteiger charge is -2.58. The van der Waals surface area contributed by atoms with Crippen LogP contribution < -0.4 is 25.2 Å². The van der Waals surface area contributed by atoms with E-state index >= 15 is 8.78 Å². The Hall–Kier alpha value is -5.94. The SMILES string of the molecule is Cc1cc2cc(n1)-c1c(C)nn(C)c1OC[C@H]1CC[C@H](C1)Cn1c(nc3ccc(N4CCN(C5CCN(c6cc(F)c([C@H]7CCC(=O)NC7=O)c(F)c6)CC5)CC45COC5)cc31)NC2=O. The quantitative estimate of drug-likeness (QED) is 0.209. The topological polar surface area (TPSA) is 152 Å². The molecule has 8 heterocycles. The molecule has 6 aliphatic rings. The van der Waals surface area contributed by atoms with Gasteiger partial charge in [0.2, 0.25) is 23.6 Å². The van der Waals surface area contributed by atoms with Crippen LogP contribution in [0.15, 0.2) is 42.5 Å². The number of rotatable bonds is 4. The lowest BCUT2D eigenvalue weighted by Crippen LogP contribution is -2.73. The molecule has 1 aliphatic carbocycles. The van der Waals surface area contributed by atoms with Gasteiger partial charge in [0, 0.05) is 87.0 Å². The van der Waals surface area contributed by atoms with Gasteiger partial charge in [0.25, 0.3) is 5.91 Å². The number of nitrogens with one attached hydrogen (secondary N) is 2. The van der Waals surface area contributed by atoms with Crippen LogP contribution in [0.4, 0.5) is 26.1 Å². The van der Waals surface area contributed by atoms with Crippen molar-refractivity contribution in [3.63, 3.8) is 0 Å². The van der Waals surface area contributed by atoms with Crippen molar-refractivity contribution in [3.05, 3.63) is 76.6 Å². The van der Waals surface area contributed by atoms with Gasteiger partial charge in [-0.05, 0) is 107 Å². The molecule has 2 N–H and O–H groups in total. The maximum absolute atomic E-state index is 15.4. The van der Waals surface area contributed by atoms with Crippen LogP contribution in [0.25, 0.3) is 22.3 Å². The summed E-state index contributed by atoms with van der Waals surface area (Å²) in [6, 6.07) is 13.0. The lowest BCUT2D eigenvalue weighted by molar-refractivity contribution is -0.134. The van der Waals surface area contributed by atoms with Crippen molar-refractivity contribution in [3.8, 4) is 17.1 Å². The van der Waals surface area contributed by atoms with Gasteiger partial charge in [-0.1, -0.05) is 0 Å². The van der Waals surface area contributed by atoms with Crippen LogP contribution in [0.5, 0.6) is 5.88 Å². The number of hydrogen-bond donors (Lipinski definition) is 2.